The summed E-state index contributed by atoms with van der Waals surface area (Å²) in [4.78, 5) is 25.4. The number of aliphatic carboxylic acids is 1. The predicted octanol–water partition coefficient (Wildman–Crippen LogP) is 3.49. The molecule has 0 aromatic carbocycles. The molecule has 6 rings (SSSR count). The van der Waals surface area contributed by atoms with Crippen LogP contribution in [0.2, 0.25) is 0 Å². The maximum atomic E-state index is 13.2. The Bertz CT molecular complexity index is 624. The first-order chi connectivity index (χ1) is 12.1. The van der Waals surface area contributed by atoms with E-state index in [-0.39, 0.29) is 17.8 Å². The van der Waals surface area contributed by atoms with Gasteiger partial charge in [-0.15, -0.1) is 0 Å². The van der Waals surface area contributed by atoms with Crippen LogP contribution in [0.5, 0.6) is 0 Å². The van der Waals surface area contributed by atoms with Crippen molar-refractivity contribution in [3.05, 3.63) is 0 Å². The molecule has 0 heterocycles. The van der Waals surface area contributed by atoms with Crippen molar-refractivity contribution in [2.24, 2.45) is 53.3 Å². The van der Waals surface area contributed by atoms with Gasteiger partial charge in [-0.2, -0.15) is 0 Å². The van der Waals surface area contributed by atoms with Gasteiger partial charge in [0.2, 0.25) is 0 Å². The highest BCUT2D eigenvalue weighted by Gasteiger charge is 2.75. The fourth-order valence-electron chi connectivity index (χ4n) is 9.01. The van der Waals surface area contributed by atoms with Crippen molar-refractivity contribution in [1.82, 2.24) is 0 Å². The van der Waals surface area contributed by atoms with Gasteiger partial charge in [-0.3, -0.25) is 9.59 Å². The summed E-state index contributed by atoms with van der Waals surface area (Å²) in [6, 6.07) is 0. The summed E-state index contributed by atoms with van der Waals surface area (Å²) < 4.78 is 6.38. The second-order valence-electron chi connectivity index (χ2n) is 10.0. The highest BCUT2D eigenvalue weighted by atomic mass is 16.6. The molecule has 0 amide bonds. The van der Waals surface area contributed by atoms with Crippen LogP contribution in [0.1, 0.15) is 57.8 Å². The molecular formula is C21H28O4. The molecule has 4 heteroatoms. The molecule has 4 nitrogen and oxygen atoms in total. The van der Waals surface area contributed by atoms with Crippen LogP contribution >= 0.6 is 0 Å². The van der Waals surface area contributed by atoms with Gasteiger partial charge in [0.05, 0.1) is 11.8 Å². The Morgan fingerprint density at radius 3 is 2.20 bits per heavy atom. The Hall–Kier alpha value is -1.06. The molecule has 6 aliphatic carbocycles. The van der Waals surface area contributed by atoms with E-state index in [0.29, 0.717) is 35.5 Å². The van der Waals surface area contributed by atoms with Crippen molar-refractivity contribution in [2.75, 3.05) is 0 Å². The molecular weight excluding hydrogens is 316 g/mol. The number of fused-ring (bicyclic) bond motifs is 11. The lowest BCUT2D eigenvalue weighted by molar-refractivity contribution is -0.183. The van der Waals surface area contributed by atoms with E-state index < -0.39 is 17.5 Å². The molecule has 0 aliphatic heterocycles. The Morgan fingerprint density at radius 1 is 0.880 bits per heavy atom. The van der Waals surface area contributed by atoms with Gasteiger partial charge in [0.1, 0.15) is 5.60 Å². The minimum atomic E-state index is -0.710. The van der Waals surface area contributed by atoms with Crippen molar-refractivity contribution in [3.8, 4) is 0 Å². The van der Waals surface area contributed by atoms with E-state index in [9.17, 15) is 14.7 Å². The van der Waals surface area contributed by atoms with Crippen molar-refractivity contribution in [2.45, 2.75) is 63.4 Å². The number of ether oxygens (including phenoxy) is 1. The van der Waals surface area contributed by atoms with Crippen LogP contribution in [-0.4, -0.2) is 22.6 Å². The SMILES string of the molecule is O=C(OC12CCC(C3C4CCC(C4)C31)C2C(=O)O)C1C2CCC1CC2. The highest BCUT2D eigenvalue weighted by molar-refractivity contribution is 5.78. The summed E-state index contributed by atoms with van der Waals surface area (Å²) in [6.45, 7) is 0. The van der Waals surface area contributed by atoms with Crippen molar-refractivity contribution in [1.29, 1.82) is 0 Å². The van der Waals surface area contributed by atoms with E-state index in [0.717, 1.165) is 12.8 Å². The molecule has 1 N–H and O–H groups in total. The molecule has 136 valence electrons. The lowest BCUT2D eigenvalue weighted by atomic mass is 9.69. The Labute approximate surface area is 148 Å². The molecule has 0 aromatic heterocycles. The standard InChI is InChI=1S/C21H28O4/c22-19(23)18-14-7-8-21(18,17-13-6-5-12(9-13)16(14)17)25-20(24)15-10-1-2-11(15)4-3-10/h10-18H,1-9H2,(H,22,23). The van der Waals surface area contributed by atoms with E-state index >= 15 is 0 Å². The van der Waals surface area contributed by atoms with Crippen molar-refractivity contribution < 1.29 is 19.4 Å². The summed E-state index contributed by atoms with van der Waals surface area (Å²) in [5, 5.41) is 10.0. The largest absolute Gasteiger partial charge is 0.481 e. The summed E-state index contributed by atoms with van der Waals surface area (Å²) in [5.74, 6) is 2.33. The summed E-state index contributed by atoms with van der Waals surface area (Å²) in [5.41, 5.74) is -0.667. The zero-order valence-electron chi connectivity index (χ0n) is 14.7. The zero-order valence-corrected chi connectivity index (χ0v) is 14.7. The molecule has 0 spiro atoms. The van der Waals surface area contributed by atoms with Gasteiger partial charge < -0.3 is 9.84 Å². The first kappa shape index (κ1) is 15.0. The summed E-state index contributed by atoms with van der Waals surface area (Å²) in [6.07, 6.45) is 10.2. The average molecular weight is 344 g/mol. The van der Waals surface area contributed by atoms with Gasteiger partial charge in [0.25, 0.3) is 0 Å². The van der Waals surface area contributed by atoms with E-state index in [1.54, 1.807) is 0 Å². The summed E-state index contributed by atoms with van der Waals surface area (Å²) >= 11 is 0. The third-order valence-corrected chi connectivity index (χ3v) is 9.52. The maximum absolute atomic E-state index is 13.2. The van der Waals surface area contributed by atoms with Gasteiger partial charge in [-0.1, -0.05) is 0 Å². The molecule has 6 bridgehead atoms. The topological polar surface area (TPSA) is 63.6 Å². The average Bonchev–Trinajstić information content (AvgIpc) is 3.38. The highest BCUT2D eigenvalue weighted by Crippen LogP contribution is 2.72. The third-order valence-electron chi connectivity index (χ3n) is 9.52. The molecule has 25 heavy (non-hydrogen) atoms. The number of carboxylic acids is 1. The second kappa shape index (κ2) is 4.80. The van der Waals surface area contributed by atoms with Gasteiger partial charge in [-0.25, -0.2) is 0 Å². The van der Waals surface area contributed by atoms with Crippen molar-refractivity contribution >= 4 is 11.9 Å². The number of carboxylic acid groups (broad SMARTS) is 1. The fourth-order valence-corrected chi connectivity index (χ4v) is 9.01. The first-order valence-electron chi connectivity index (χ1n) is 10.6. The third kappa shape index (κ3) is 1.70. The molecule has 7 unspecified atom stereocenters. The number of hydrogen-bond acceptors (Lipinski definition) is 3. The first-order valence-corrected chi connectivity index (χ1v) is 10.6. The van der Waals surface area contributed by atoms with Gasteiger partial charge >= 0.3 is 11.9 Å². The van der Waals surface area contributed by atoms with Crippen LogP contribution < -0.4 is 0 Å². The zero-order chi connectivity index (χ0) is 16.9. The number of esters is 1. The van der Waals surface area contributed by atoms with Crippen LogP contribution in [0.25, 0.3) is 0 Å². The Kier molecular flexibility index (Phi) is 2.89. The maximum Gasteiger partial charge on any atom is 0.310 e. The lowest BCUT2D eigenvalue weighted by Crippen LogP contribution is -2.49. The molecule has 6 fully saturated rings. The quantitative estimate of drug-likeness (QED) is 0.629. The van der Waals surface area contributed by atoms with Gasteiger partial charge in [-0.05, 0) is 93.3 Å². The van der Waals surface area contributed by atoms with E-state index in [4.69, 9.17) is 4.74 Å². The summed E-state index contributed by atoms with van der Waals surface area (Å²) in [7, 11) is 0. The molecule has 6 aliphatic rings. The normalized spacial score (nSPS) is 57.2. The minimum absolute atomic E-state index is 0.0275. The smallest absolute Gasteiger partial charge is 0.310 e. The lowest BCUT2D eigenvalue weighted by Gasteiger charge is -2.42. The van der Waals surface area contributed by atoms with Gasteiger partial charge in [0, 0.05) is 5.92 Å². The van der Waals surface area contributed by atoms with Crippen LogP contribution in [0.4, 0.5) is 0 Å². The molecule has 7 atom stereocenters. The number of rotatable bonds is 3. The van der Waals surface area contributed by atoms with Crippen LogP contribution in [0, 0.1) is 53.3 Å². The van der Waals surface area contributed by atoms with Crippen molar-refractivity contribution in [3.63, 3.8) is 0 Å². The number of carbonyl (C=O) groups is 2. The number of hydrogen-bond donors (Lipinski definition) is 1. The second-order valence-corrected chi connectivity index (χ2v) is 10.0. The van der Waals surface area contributed by atoms with Crippen LogP contribution in [-0.2, 0) is 14.3 Å². The van der Waals surface area contributed by atoms with Crippen LogP contribution in [0.3, 0.4) is 0 Å². The molecule has 0 saturated heterocycles. The van der Waals surface area contributed by atoms with E-state index in [2.05, 4.69) is 0 Å². The monoisotopic (exact) mass is 344 g/mol. The molecule has 0 aromatic rings. The van der Waals surface area contributed by atoms with Crippen LogP contribution in [0.15, 0.2) is 0 Å². The minimum Gasteiger partial charge on any atom is -0.481 e. The molecule has 6 saturated carbocycles. The van der Waals surface area contributed by atoms with Gasteiger partial charge in [0.15, 0.2) is 0 Å². The van der Waals surface area contributed by atoms with E-state index in [1.165, 1.54) is 44.9 Å². The number of carbonyl (C=O) groups excluding carboxylic acids is 1. The molecule has 0 radical (unpaired) electrons. The Balaban J connectivity index is 1.35. The predicted molar refractivity (Wildman–Crippen MR) is 89.4 cm³/mol. The van der Waals surface area contributed by atoms with E-state index in [1.807, 2.05) is 0 Å². The fraction of sp³-hybridized carbons (Fsp3) is 0.905. The Morgan fingerprint density at radius 2 is 1.52 bits per heavy atom.